The van der Waals surface area contributed by atoms with E-state index in [2.05, 4.69) is 25.2 Å². The monoisotopic (exact) mass is 365 g/mol. The van der Waals surface area contributed by atoms with Crippen molar-refractivity contribution in [2.75, 3.05) is 24.6 Å². The molecule has 138 valence electrons. The smallest absolute Gasteiger partial charge is 0.256 e. The topological polar surface area (TPSA) is 88.8 Å². The Morgan fingerprint density at radius 1 is 1.22 bits per heavy atom. The molecule has 0 saturated carbocycles. The third-order valence-electron chi connectivity index (χ3n) is 5.17. The van der Waals surface area contributed by atoms with E-state index in [4.69, 9.17) is 4.74 Å². The maximum Gasteiger partial charge on any atom is 0.256 e. The Labute approximate surface area is 155 Å². The van der Waals surface area contributed by atoms with E-state index in [1.54, 1.807) is 29.2 Å². The first-order valence-corrected chi connectivity index (χ1v) is 9.06. The van der Waals surface area contributed by atoms with E-state index in [0.717, 1.165) is 31.0 Å². The van der Waals surface area contributed by atoms with Crippen molar-refractivity contribution in [2.45, 2.75) is 25.4 Å². The van der Waals surface area contributed by atoms with Crippen LogP contribution in [-0.2, 0) is 0 Å². The van der Waals surface area contributed by atoms with Crippen LogP contribution in [0.4, 0.5) is 5.82 Å². The van der Waals surface area contributed by atoms with E-state index in [0.29, 0.717) is 18.1 Å². The average molecular weight is 365 g/mol. The Morgan fingerprint density at radius 2 is 2.07 bits per heavy atom. The van der Waals surface area contributed by atoms with Gasteiger partial charge in [-0.3, -0.25) is 4.79 Å². The lowest BCUT2D eigenvalue weighted by atomic mass is 9.86. The van der Waals surface area contributed by atoms with E-state index in [1.807, 2.05) is 24.0 Å². The number of hydrogen-bond donors (Lipinski definition) is 0. The van der Waals surface area contributed by atoms with Crippen molar-refractivity contribution < 1.29 is 9.53 Å². The molecule has 3 saturated heterocycles. The highest BCUT2D eigenvalue weighted by atomic mass is 16.5. The van der Waals surface area contributed by atoms with E-state index in [9.17, 15) is 4.79 Å². The molecule has 0 aliphatic carbocycles. The molecular weight excluding hydrogens is 346 g/mol. The van der Waals surface area contributed by atoms with Gasteiger partial charge >= 0.3 is 0 Å². The van der Waals surface area contributed by atoms with E-state index >= 15 is 0 Å². The molecule has 0 aromatic carbocycles. The summed E-state index contributed by atoms with van der Waals surface area (Å²) in [6.07, 6.45) is 4.22. The van der Waals surface area contributed by atoms with Crippen molar-refractivity contribution in [3.63, 3.8) is 0 Å². The van der Waals surface area contributed by atoms with Crippen LogP contribution in [0.1, 0.15) is 23.7 Å². The van der Waals surface area contributed by atoms with Crippen molar-refractivity contribution in [3.8, 4) is 5.88 Å². The van der Waals surface area contributed by atoms with Crippen LogP contribution in [0.5, 0.6) is 5.88 Å². The van der Waals surface area contributed by atoms with E-state index in [1.165, 1.54) is 0 Å². The summed E-state index contributed by atoms with van der Waals surface area (Å²) in [5.74, 6) is 1.46. The quantitative estimate of drug-likeness (QED) is 0.682. The minimum Gasteiger partial charge on any atom is -0.478 e. The van der Waals surface area contributed by atoms with Gasteiger partial charge in [-0.25, -0.2) is 4.98 Å². The number of anilines is 1. The summed E-state index contributed by atoms with van der Waals surface area (Å²) in [5, 5.41) is 12.4. The number of nitrogens with zero attached hydrogens (tertiary/aromatic N) is 7. The molecule has 0 spiro atoms. The molecule has 2 atom stereocenters. The van der Waals surface area contributed by atoms with Gasteiger partial charge in [-0.05, 0) is 31.5 Å². The molecule has 2 unspecified atom stereocenters. The predicted molar refractivity (Wildman–Crippen MR) is 96.8 cm³/mol. The van der Waals surface area contributed by atoms with Crippen LogP contribution in [0.15, 0.2) is 36.8 Å². The first-order chi connectivity index (χ1) is 13.2. The molecule has 3 fully saturated rings. The minimum atomic E-state index is 0.0358. The number of hydrogen-bond acceptors (Lipinski definition) is 7. The highest BCUT2D eigenvalue weighted by Crippen LogP contribution is 2.35. The van der Waals surface area contributed by atoms with E-state index < -0.39 is 0 Å². The summed E-state index contributed by atoms with van der Waals surface area (Å²) >= 11 is 0. The fraction of sp³-hybridized carbons (Fsp3) is 0.389. The van der Waals surface area contributed by atoms with Gasteiger partial charge in [0.15, 0.2) is 5.65 Å². The number of carbonyl (C=O) groups excluding carboxylic acids is 1. The Bertz CT molecular complexity index is 975. The molecule has 27 heavy (non-hydrogen) atoms. The number of rotatable bonds is 4. The maximum atomic E-state index is 12.9. The Balaban J connectivity index is 1.30. The zero-order valence-corrected chi connectivity index (χ0v) is 14.9. The number of piperidine rings is 1. The first-order valence-electron chi connectivity index (χ1n) is 9.06. The fourth-order valence-electron chi connectivity index (χ4n) is 3.90. The number of piperazine rings is 1. The standard InChI is InChI=1S/C18H19N7O2/c1-2-27-17-6-3-12(8-19-17)18(26)25-13-7-14(25)10-23(9-13)16-5-4-15-21-20-11-24(15)22-16/h3-6,8,11,13-14H,2,7,9-10H2,1H3. The number of carbonyl (C=O) groups is 1. The molecule has 0 radical (unpaired) electrons. The van der Waals surface area contributed by atoms with Crippen LogP contribution >= 0.6 is 0 Å². The number of ether oxygens (including phenoxy) is 1. The lowest BCUT2D eigenvalue weighted by Gasteiger charge is -2.56. The SMILES string of the molecule is CCOc1ccc(C(=O)N2C3CC2CN(c2ccc4nncn4n2)C3)cn1. The average Bonchev–Trinajstić information content (AvgIpc) is 3.16. The normalized spacial score (nSPS) is 21.2. The molecule has 9 heteroatoms. The van der Waals surface area contributed by atoms with Crippen molar-refractivity contribution in [2.24, 2.45) is 0 Å². The van der Waals surface area contributed by atoms with Gasteiger partial charge in [-0.1, -0.05) is 0 Å². The zero-order chi connectivity index (χ0) is 18.4. The van der Waals surface area contributed by atoms with Crippen molar-refractivity contribution in [3.05, 3.63) is 42.4 Å². The van der Waals surface area contributed by atoms with Crippen molar-refractivity contribution >= 4 is 17.4 Å². The summed E-state index contributed by atoms with van der Waals surface area (Å²) in [6.45, 7) is 4.01. The molecule has 0 N–H and O–H groups in total. The predicted octanol–water partition coefficient (Wildman–Crippen LogP) is 1.02. The van der Waals surface area contributed by atoms with Crippen LogP contribution in [0, 0.1) is 0 Å². The fourth-order valence-corrected chi connectivity index (χ4v) is 3.90. The van der Waals surface area contributed by atoms with Gasteiger partial charge in [0.1, 0.15) is 12.1 Å². The van der Waals surface area contributed by atoms with Crippen molar-refractivity contribution in [1.82, 2.24) is 29.7 Å². The first kappa shape index (κ1) is 16.0. The second-order valence-electron chi connectivity index (χ2n) is 6.80. The number of aromatic nitrogens is 5. The molecule has 3 aliphatic heterocycles. The Hall–Kier alpha value is -3.23. The third kappa shape index (κ3) is 2.66. The van der Waals surface area contributed by atoms with Crippen LogP contribution in [-0.4, -0.2) is 67.4 Å². The lowest BCUT2D eigenvalue weighted by molar-refractivity contribution is 0.00568. The Morgan fingerprint density at radius 3 is 2.81 bits per heavy atom. The molecule has 9 nitrogen and oxygen atoms in total. The number of amides is 1. The highest BCUT2D eigenvalue weighted by Gasteiger charge is 2.47. The second-order valence-corrected chi connectivity index (χ2v) is 6.80. The Kier molecular flexibility index (Phi) is 3.66. The van der Waals surface area contributed by atoms with E-state index in [-0.39, 0.29) is 18.0 Å². The van der Waals surface area contributed by atoms with Crippen LogP contribution in [0.3, 0.4) is 0 Å². The summed E-state index contributed by atoms with van der Waals surface area (Å²) in [5.41, 5.74) is 1.33. The number of fused-ring (bicyclic) bond motifs is 3. The van der Waals surface area contributed by atoms with Gasteiger partial charge in [0, 0.05) is 25.4 Å². The lowest BCUT2D eigenvalue weighted by Crippen LogP contribution is -2.70. The molecule has 3 aromatic rings. The molecular formula is C18H19N7O2. The molecule has 1 amide bonds. The van der Waals surface area contributed by atoms with Crippen LogP contribution < -0.4 is 9.64 Å². The summed E-state index contributed by atoms with van der Waals surface area (Å²) in [4.78, 5) is 21.3. The second kappa shape index (κ2) is 6.19. The van der Waals surface area contributed by atoms with Crippen LogP contribution in [0.2, 0.25) is 0 Å². The third-order valence-corrected chi connectivity index (χ3v) is 5.17. The van der Waals surface area contributed by atoms with Gasteiger partial charge < -0.3 is 14.5 Å². The number of pyridine rings is 1. The van der Waals surface area contributed by atoms with Gasteiger partial charge in [0.25, 0.3) is 5.91 Å². The van der Waals surface area contributed by atoms with Crippen molar-refractivity contribution in [1.29, 1.82) is 0 Å². The molecule has 6 rings (SSSR count). The van der Waals surface area contributed by atoms with Gasteiger partial charge in [-0.15, -0.1) is 15.3 Å². The summed E-state index contributed by atoms with van der Waals surface area (Å²) in [7, 11) is 0. The summed E-state index contributed by atoms with van der Waals surface area (Å²) in [6, 6.07) is 7.79. The maximum absolute atomic E-state index is 12.9. The zero-order valence-electron chi connectivity index (χ0n) is 14.9. The highest BCUT2D eigenvalue weighted by molar-refractivity contribution is 5.95. The largest absolute Gasteiger partial charge is 0.478 e. The molecule has 2 bridgehead atoms. The molecule has 3 aliphatic rings. The summed E-state index contributed by atoms with van der Waals surface area (Å²) < 4.78 is 7.01. The molecule has 3 aromatic heterocycles. The molecule has 6 heterocycles. The minimum absolute atomic E-state index is 0.0358. The van der Waals surface area contributed by atoms with Gasteiger partial charge in [0.05, 0.1) is 24.3 Å². The van der Waals surface area contributed by atoms with Crippen LogP contribution in [0.25, 0.3) is 5.65 Å². The van der Waals surface area contributed by atoms with Gasteiger partial charge in [0.2, 0.25) is 5.88 Å². The van der Waals surface area contributed by atoms with Gasteiger partial charge in [-0.2, -0.15) is 4.52 Å².